The van der Waals surface area contributed by atoms with Gasteiger partial charge in [0.15, 0.2) is 0 Å². The van der Waals surface area contributed by atoms with E-state index in [2.05, 4.69) is 24.9 Å². The summed E-state index contributed by atoms with van der Waals surface area (Å²) in [6.45, 7) is 0.556. The zero-order valence-corrected chi connectivity index (χ0v) is 17.6. The van der Waals surface area contributed by atoms with Gasteiger partial charge in [0.25, 0.3) is 5.91 Å². The molecule has 1 aliphatic rings. The SMILES string of the molecule is COC(=O)N(OC(=O)C(F)(F)F)c1ccc(-c2cc(-c3cc4c([nH]3)CCNC4=O)ccn2)cc1. The highest BCUT2D eigenvalue weighted by Gasteiger charge is 2.44. The van der Waals surface area contributed by atoms with Crippen LogP contribution in [0.1, 0.15) is 16.1 Å². The van der Waals surface area contributed by atoms with Gasteiger partial charge in [-0.05, 0) is 30.3 Å². The number of halogens is 3. The standard InChI is InChI=1S/C22H17F3N4O5/c1-33-21(32)29(34-20(31)22(23,24)25)14-4-2-12(3-5-14)17-10-13(6-8-26-17)18-11-15-16(28-18)7-9-27-19(15)30/h2-6,8,10-11,28H,7,9H2,1H3,(H,27,30). The maximum Gasteiger partial charge on any atom is 0.493 e. The number of benzene rings is 1. The first-order valence-corrected chi connectivity index (χ1v) is 9.91. The highest BCUT2D eigenvalue weighted by atomic mass is 19.4. The summed E-state index contributed by atoms with van der Waals surface area (Å²) in [5.74, 6) is -2.71. The number of pyridine rings is 1. The number of hydrogen-bond acceptors (Lipinski definition) is 6. The Balaban J connectivity index is 1.60. The smallest absolute Gasteiger partial charge is 0.450 e. The van der Waals surface area contributed by atoms with Crippen molar-refractivity contribution in [3.8, 4) is 22.5 Å². The molecule has 0 saturated carbocycles. The molecule has 0 spiro atoms. The fourth-order valence-corrected chi connectivity index (χ4v) is 3.39. The van der Waals surface area contributed by atoms with Crippen molar-refractivity contribution < 1.29 is 37.1 Å². The molecule has 0 radical (unpaired) electrons. The van der Waals surface area contributed by atoms with Gasteiger partial charge in [-0.1, -0.05) is 12.1 Å². The lowest BCUT2D eigenvalue weighted by molar-refractivity contribution is -0.200. The van der Waals surface area contributed by atoms with E-state index in [1.165, 1.54) is 24.3 Å². The minimum Gasteiger partial charge on any atom is -0.450 e. The van der Waals surface area contributed by atoms with Gasteiger partial charge in [0.05, 0.1) is 24.1 Å². The number of aromatic nitrogens is 2. The molecule has 0 unspecified atom stereocenters. The van der Waals surface area contributed by atoms with E-state index in [1.807, 2.05) is 0 Å². The van der Waals surface area contributed by atoms with Crippen LogP contribution in [0.2, 0.25) is 0 Å². The van der Waals surface area contributed by atoms with E-state index in [0.29, 0.717) is 29.8 Å². The van der Waals surface area contributed by atoms with E-state index in [4.69, 9.17) is 0 Å². The highest BCUT2D eigenvalue weighted by Crippen LogP contribution is 2.29. The van der Waals surface area contributed by atoms with E-state index in [9.17, 15) is 27.6 Å². The maximum atomic E-state index is 12.6. The van der Waals surface area contributed by atoms with Crippen molar-refractivity contribution in [1.82, 2.24) is 15.3 Å². The number of amides is 2. The zero-order valence-electron chi connectivity index (χ0n) is 17.6. The number of carbonyl (C=O) groups excluding carboxylic acids is 3. The number of aromatic amines is 1. The van der Waals surface area contributed by atoms with E-state index >= 15 is 0 Å². The molecule has 0 bridgehead atoms. The number of rotatable bonds is 3. The lowest BCUT2D eigenvalue weighted by atomic mass is 10.1. The van der Waals surface area contributed by atoms with Gasteiger partial charge in [0.1, 0.15) is 0 Å². The monoisotopic (exact) mass is 474 g/mol. The number of anilines is 1. The Morgan fingerprint density at radius 3 is 2.47 bits per heavy atom. The molecule has 2 N–H and O–H groups in total. The second-order valence-corrected chi connectivity index (χ2v) is 7.20. The zero-order chi connectivity index (χ0) is 24.5. The van der Waals surface area contributed by atoms with Crippen LogP contribution in [0, 0.1) is 0 Å². The first-order chi connectivity index (χ1) is 16.2. The molecular weight excluding hydrogens is 457 g/mol. The van der Waals surface area contributed by atoms with Crippen molar-refractivity contribution in [1.29, 1.82) is 0 Å². The van der Waals surface area contributed by atoms with Gasteiger partial charge in [0.2, 0.25) is 0 Å². The number of carbonyl (C=O) groups is 3. The fourth-order valence-electron chi connectivity index (χ4n) is 3.39. The molecule has 9 nitrogen and oxygen atoms in total. The maximum absolute atomic E-state index is 12.6. The molecule has 12 heteroatoms. The molecule has 1 aliphatic heterocycles. The number of fused-ring (bicyclic) bond motifs is 1. The van der Waals surface area contributed by atoms with Gasteiger partial charge in [-0.2, -0.15) is 13.2 Å². The quantitative estimate of drug-likeness (QED) is 0.561. The summed E-state index contributed by atoms with van der Waals surface area (Å²) in [5.41, 5.74) is 3.87. The van der Waals surface area contributed by atoms with E-state index in [1.54, 1.807) is 24.4 Å². The molecule has 0 atom stereocenters. The van der Waals surface area contributed by atoms with Crippen molar-refractivity contribution in [2.24, 2.45) is 0 Å². The highest BCUT2D eigenvalue weighted by molar-refractivity contribution is 5.98. The summed E-state index contributed by atoms with van der Waals surface area (Å²) in [7, 11) is 0.933. The van der Waals surface area contributed by atoms with Gasteiger partial charge < -0.3 is 19.9 Å². The molecule has 2 amide bonds. The minimum atomic E-state index is -5.30. The van der Waals surface area contributed by atoms with Crippen LogP contribution in [0.4, 0.5) is 23.7 Å². The predicted molar refractivity (Wildman–Crippen MR) is 113 cm³/mol. The topological polar surface area (TPSA) is 114 Å². The molecule has 3 heterocycles. The molecular formula is C22H17F3N4O5. The molecule has 1 aromatic carbocycles. The largest absolute Gasteiger partial charge is 0.493 e. The number of nitrogens with one attached hydrogen (secondary N) is 2. The minimum absolute atomic E-state index is 0.109. The Bertz CT molecular complexity index is 1250. The van der Waals surface area contributed by atoms with Crippen molar-refractivity contribution >= 4 is 23.7 Å². The second-order valence-electron chi connectivity index (χ2n) is 7.20. The van der Waals surface area contributed by atoms with Crippen LogP contribution >= 0.6 is 0 Å². The molecule has 3 aromatic rings. The van der Waals surface area contributed by atoms with Crippen LogP contribution in [-0.2, 0) is 20.8 Å². The number of alkyl halides is 3. The van der Waals surface area contributed by atoms with Crippen molar-refractivity contribution in [2.45, 2.75) is 12.6 Å². The average Bonchev–Trinajstić information content (AvgIpc) is 3.27. The van der Waals surface area contributed by atoms with Gasteiger partial charge in [-0.25, -0.2) is 9.59 Å². The van der Waals surface area contributed by atoms with Crippen LogP contribution in [0.15, 0.2) is 48.7 Å². The van der Waals surface area contributed by atoms with Gasteiger partial charge in [-0.3, -0.25) is 9.78 Å². The molecule has 2 aromatic heterocycles. The molecule has 0 saturated heterocycles. The van der Waals surface area contributed by atoms with Crippen molar-refractivity contribution in [3.05, 3.63) is 59.9 Å². The summed E-state index contributed by atoms with van der Waals surface area (Å²) in [6.07, 6.45) is -4.35. The van der Waals surface area contributed by atoms with E-state index in [0.717, 1.165) is 24.1 Å². The van der Waals surface area contributed by atoms with E-state index in [-0.39, 0.29) is 16.7 Å². The summed E-state index contributed by atoms with van der Waals surface area (Å²) in [4.78, 5) is 46.8. The van der Waals surface area contributed by atoms with E-state index < -0.39 is 18.2 Å². The van der Waals surface area contributed by atoms with Gasteiger partial charge in [0, 0.05) is 41.7 Å². The van der Waals surface area contributed by atoms with Crippen LogP contribution in [0.3, 0.4) is 0 Å². The number of hydrogen-bond donors (Lipinski definition) is 2. The number of hydroxylamine groups is 1. The first-order valence-electron chi connectivity index (χ1n) is 9.91. The Morgan fingerprint density at radius 1 is 1.09 bits per heavy atom. The van der Waals surface area contributed by atoms with Crippen LogP contribution in [0.25, 0.3) is 22.5 Å². The summed E-state index contributed by atoms with van der Waals surface area (Å²) in [5, 5.41) is 2.89. The van der Waals surface area contributed by atoms with Crippen molar-refractivity contribution in [3.63, 3.8) is 0 Å². The Kier molecular flexibility index (Phi) is 5.97. The number of nitrogens with zero attached hydrogens (tertiary/aromatic N) is 2. The third kappa shape index (κ3) is 4.56. The van der Waals surface area contributed by atoms with Crippen molar-refractivity contribution in [2.75, 3.05) is 18.7 Å². The number of H-pyrrole nitrogens is 1. The molecule has 34 heavy (non-hydrogen) atoms. The number of ether oxygens (including phenoxy) is 1. The van der Waals surface area contributed by atoms with Gasteiger partial charge in [-0.15, -0.1) is 5.06 Å². The lowest BCUT2D eigenvalue weighted by Crippen LogP contribution is -2.38. The fraction of sp³-hybridized carbons (Fsp3) is 0.182. The second kappa shape index (κ2) is 8.89. The Hall–Kier alpha value is -4.35. The third-order valence-electron chi connectivity index (χ3n) is 5.02. The predicted octanol–water partition coefficient (Wildman–Crippen LogP) is 3.62. The molecule has 176 valence electrons. The Morgan fingerprint density at radius 2 is 1.82 bits per heavy atom. The first kappa shape index (κ1) is 22.8. The van der Waals surface area contributed by atoms with Gasteiger partial charge >= 0.3 is 18.2 Å². The molecule has 4 rings (SSSR count). The van der Waals surface area contributed by atoms with Crippen LogP contribution < -0.4 is 10.4 Å². The van der Waals surface area contributed by atoms with Crippen LogP contribution in [-0.4, -0.2) is 47.8 Å². The molecule has 0 aliphatic carbocycles. The summed E-state index contributed by atoms with van der Waals surface area (Å²) in [6, 6.07) is 10.8. The average molecular weight is 474 g/mol. The Labute approximate surface area is 190 Å². The lowest BCUT2D eigenvalue weighted by Gasteiger charge is -2.20. The normalized spacial score (nSPS) is 13.0. The number of methoxy groups -OCH3 is 1. The summed E-state index contributed by atoms with van der Waals surface area (Å²) < 4.78 is 42.1. The summed E-state index contributed by atoms with van der Waals surface area (Å²) >= 11 is 0. The third-order valence-corrected chi connectivity index (χ3v) is 5.02. The molecule has 0 fully saturated rings. The van der Waals surface area contributed by atoms with Crippen LogP contribution in [0.5, 0.6) is 0 Å².